The Morgan fingerprint density at radius 1 is 1.14 bits per heavy atom. The molecule has 0 bridgehead atoms. The second-order valence-corrected chi connectivity index (χ2v) is 6.89. The Hall–Kier alpha value is -3.52. The van der Waals surface area contributed by atoms with Gasteiger partial charge >= 0.3 is 0 Å². The number of nitrogens with zero attached hydrogens (tertiary/aromatic N) is 3. The van der Waals surface area contributed by atoms with Gasteiger partial charge in [0.25, 0.3) is 11.5 Å². The quantitative estimate of drug-likeness (QED) is 0.539. The minimum atomic E-state index is -0.237. The second kappa shape index (κ2) is 7.61. The fourth-order valence-corrected chi connectivity index (χ4v) is 3.41. The fraction of sp³-hybridized carbons (Fsp3) is 0.100. The lowest BCUT2D eigenvalue weighted by atomic mass is 10.2. The first-order chi connectivity index (χ1) is 13.7. The summed E-state index contributed by atoms with van der Waals surface area (Å²) in [4.78, 5) is 33.5. The lowest BCUT2D eigenvalue weighted by Gasteiger charge is -2.12. The van der Waals surface area contributed by atoms with Crippen LogP contribution in [-0.4, -0.2) is 20.4 Å². The SMILES string of the molecule is CCn1c(=O)c(Nc2ccc(C(=O)Nc3nccs3)cc2)nc2ccccc21. The van der Waals surface area contributed by atoms with E-state index in [9.17, 15) is 9.59 Å². The Kier molecular flexibility index (Phi) is 4.86. The zero-order valence-electron chi connectivity index (χ0n) is 15.0. The summed E-state index contributed by atoms with van der Waals surface area (Å²) in [6.07, 6.45) is 1.63. The molecule has 7 nitrogen and oxygen atoms in total. The summed E-state index contributed by atoms with van der Waals surface area (Å²) in [6.45, 7) is 2.47. The molecular formula is C20H17N5O2S. The summed E-state index contributed by atoms with van der Waals surface area (Å²) < 4.78 is 1.68. The van der Waals surface area contributed by atoms with Gasteiger partial charge in [0.05, 0.1) is 11.0 Å². The molecule has 8 heteroatoms. The van der Waals surface area contributed by atoms with Crippen LogP contribution < -0.4 is 16.2 Å². The van der Waals surface area contributed by atoms with Crippen molar-refractivity contribution in [3.8, 4) is 0 Å². The van der Waals surface area contributed by atoms with Crippen LogP contribution in [0.25, 0.3) is 11.0 Å². The molecule has 1 amide bonds. The Bertz CT molecular complexity index is 1180. The highest BCUT2D eigenvalue weighted by molar-refractivity contribution is 7.13. The standard InChI is InChI=1S/C20H17N5O2S/c1-2-25-16-6-4-3-5-15(16)23-17(19(25)27)22-14-9-7-13(8-10-14)18(26)24-20-21-11-12-28-20/h3-12H,2H2,1H3,(H,22,23)(H,21,24,26). The van der Waals surface area contributed by atoms with Crippen molar-refractivity contribution in [1.29, 1.82) is 0 Å². The van der Waals surface area contributed by atoms with Gasteiger partial charge in [-0.2, -0.15) is 0 Å². The molecule has 140 valence electrons. The lowest BCUT2D eigenvalue weighted by molar-refractivity contribution is 0.102. The maximum Gasteiger partial charge on any atom is 0.294 e. The lowest BCUT2D eigenvalue weighted by Crippen LogP contribution is -2.23. The van der Waals surface area contributed by atoms with E-state index in [0.29, 0.717) is 22.9 Å². The van der Waals surface area contributed by atoms with Gasteiger partial charge in [-0.15, -0.1) is 11.3 Å². The number of rotatable bonds is 5. The number of aromatic nitrogens is 3. The normalized spacial score (nSPS) is 10.8. The van der Waals surface area contributed by atoms with Crippen LogP contribution in [0.5, 0.6) is 0 Å². The van der Waals surface area contributed by atoms with Crippen LogP contribution in [0, 0.1) is 0 Å². The summed E-state index contributed by atoms with van der Waals surface area (Å²) in [5, 5.41) is 8.14. The van der Waals surface area contributed by atoms with Crippen LogP contribution in [0.15, 0.2) is 64.9 Å². The summed E-state index contributed by atoms with van der Waals surface area (Å²) in [5.74, 6) is 0.0132. The van der Waals surface area contributed by atoms with Crippen LogP contribution in [0.2, 0.25) is 0 Å². The van der Waals surface area contributed by atoms with Gasteiger partial charge < -0.3 is 9.88 Å². The van der Waals surface area contributed by atoms with E-state index in [1.54, 1.807) is 40.4 Å². The summed E-state index contributed by atoms with van der Waals surface area (Å²) in [5.41, 5.74) is 2.53. The zero-order chi connectivity index (χ0) is 19.5. The van der Waals surface area contributed by atoms with Gasteiger partial charge in [-0.3, -0.25) is 14.9 Å². The monoisotopic (exact) mass is 391 g/mol. The summed E-state index contributed by atoms with van der Waals surface area (Å²) in [7, 11) is 0. The van der Waals surface area contributed by atoms with Gasteiger partial charge in [0.15, 0.2) is 10.9 Å². The van der Waals surface area contributed by atoms with E-state index in [1.807, 2.05) is 31.2 Å². The summed E-state index contributed by atoms with van der Waals surface area (Å²) in [6, 6.07) is 14.4. The minimum absolute atomic E-state index is 0.188. The van der Waals surface area contributed by atoms with Gasteiger partial charge in [0.2, 0.25) is 0 Å². The molecule has 0 aliphatic rings. The largest absolute Gasteiger partial charge is 0.336 e. The van der Waals surface area contributed by atoms with Crippen LogP contribution >= 0.6 is 11.3 Å². The number of amides is 1. The molecule has 0 aliphatic carbocycles. The Labute approximate surface area is 164 Å². The van der Waals surface area contributed by atoms with Gasteiger partial charge in [-0.05, 0) is 43.3 Å². The number of nitrogens with one attached hydrogen (secondary N) is 2. The average molecular weight is 391 g/mol. The third-order valence-corrected chi connectivity index (χ3v) is 4.92. The number of anilines is 3. The topological polar surface area (TPSA) is 88.9 Å². The number of hydrogen-bond acceptors (Lipinski definition) is 6. The van der Waals surface area contributed by atoms with E-state index >= 15 is 0 Å². The molecular weight excluding hydrogens is 374 g/mol. The maximum atomic E-state index is 12.7. The van der Waals surface area contributed by atoms with E-state index in [-0.39, 0.29) is 17.3 Å². The number of carbonyl (C=O) groups excluding carboxylic acids is 1. The zero-order valence-corrected chi connectivity index (χ0v) is 15.9. The smallest absolute Gasteiger partial charge is 0.294 e. The highest BCUT2D eigenvalue weighted by Gasteiger charge is 2.11. The average Bonchev–Trinajstić information content (AvgIpc) is 3.22. The van der Waals surface area contributed by atoms with Gasteiger partial charge in [0, 0.05) is 29.4 Å². The number of aryl methyl sites for hydroxylation is 1. The van der Waals surface area contributed by atoms with Crippen LogP contribution in [0.3, 0.4) is 0 Å². The van der Waals surface area contributed by atoms with Crippen LogP contribution in [-0.2, 0) is 6.54 Å². The molecule has 2 aromatic heterocycles. The van der Waals surface area contributed by atoms with Crippen molar-refractivity contribution in [3.05, 3.63) is 76.0 Å². The molecule has 0 radical (unpaired) electrons. The molecule has 0 spiro atoms. The van der Waals surface area contributed by atoms with E-state index in [2.05, 4.69) is 20.6 Å². The molecule has 0 fully saturated rings. The molecule has 2 N–H and O–H groups in total. The van der Waals surface area contributed by atoms with Gasteiger partial charge in [0.1, 0.15) is 0 Å². The first-order valence-corrected chi connectivity index (χ1v) is 9.61. The molecule has 0 aliphatic heterocycles. The number of thiazole rings is 1. The first kappa shape index (κ1) is 17.9. The van der Waals surface area contributed by atoms with Gasteiger partial charge in [-0.1, -0.05) is 12.1 Å². The third kappa shape index (κ3) is 3.49. The predicted molar refractivity (Wildman–Crippen MR) is 111 cm³/mol. The number of fused-ring (bicyclic) bond motifs is 1. The highest BCUT2D eigenvalue weighted by atomic mass is 32.1. The van der Waals surface area contributed by atoms with E-state index in [1.165, 1.54) is 11.3 Å². The van der Waals surface area contributed by atoms with Crippen molar-refractivity contribution < 1.29 is 4.79 Å². The maximum absolute atomic E-state index is 12.7. The van der Waals surface area contributed by atoms with Crippen molar-refractivity contribution in [3.63, 3.8) is 0 Å². The molecule has 28 heavy (non-hydrogen) atoms. The van der Waals surface area contributed by atoms with E-state index in [0.717, 1.165) is 11.0 Å². The van der Waals surface area contributed by atoms with Crippen LogP contribution in [0.1, 0.15) is 17.3 Å². The second-order valence-electron chi connectivity index (χ2n) is 5.99. The van der Waals surface area contributed by atoms with Crippen molar-refractivity contribution in [2.24, 2.45) is 0 Å². The predicted octanol–water partition coefficient (Wildman–Crippen LogP) is 3.87. The molecule has 0 saturated carbocycles. The van der Waals surface area contributed by atoms with Crippen molar-refractivity contribution >= 4 is 44.9 Å². The van der Waals surface area contributed by atoms with Crippen molar-refractivity contribution in [1.82, 2.24) is 14.5 Å². The minimum Gasteiger partial charge on any atom is -0.336 e. The molecule has 4 aromatic rings. The number of benzene rings is 2. The molecule has 2 aromatic carbocycles. The number of para-hydroxylation sites is 2. The molecule has 0 unspecified atom stereocenters. The first-order valence-electron chi connectivity index (χ1n) is 8.73. The molecule has 0 atom stereocenters. The van der Waals surface area contributed by atoms with Crippen molar-refractivity contribution in [2.75, 3.05) is 10.6 Å². The number of carbonyl (C=O) groups is 1. The molecule has 2 heterocycles. The fourth-order valence-electron chi connectivity index (χ4n) is 2.88. The van der Waals surface area contributed by atoms with Crippen LogP contribution in [0.4, 0.5) is 16.6 Å². The summed E-state index contributed by atoms with van der Waals surface area (Å²) >= 11 is 1.36. The highest BCUT2D eigenvalue weighted by Crippen LogP contribution is 2.18. The van der Waals surface area contributed by atoms with E-state index in [4.69, 9.17) is 0 Å². The Morgan fingerprint density at radius 3 is 2.64 bits per heavy atom. The van der Waals surface area contributed by atoms with E-state index < -0.39 is 0 Å². The Balaban J connectivity index is 1.59. The van der Waals surface area contributed by atoms with Crippen molar-refractivity contribution in [2.45, 2.75) is 13.5 Å². The molecule has 0 saturated heterocycles. The number of hydrogen-bond donors (Lipinski definition) is 2. The Morgan fingerprint density at radius 2 is 1.93 bits per heavy atom. The van der Waals surface area contributed by atoms with Gasteiger partial charge in [-0.25, -0.2) is 9.97 Å². The molecule has 4 rings (SSSR count). The third-order valence-electron chi connectivity index (χ3n) is 4.23.